The summed E-state index contributed by atoms with van der Waals surface area (Å²) in [5.74, 6) is -1.17. The molecule has 6 nitrogen and oxygen atoms in total. The highest BCUT2D eigenvalue weighted by Crippen LogP contribution is 2.11. The Kier molecular flexibility index (Phi) is 6.14. The van der Waals surface area contributed by atoms with E-state index in [-0.39, 0.29) is 0 Å². The maximum Gasteiger partial charge on any atom is 0.329 e. The zero-order valence-corrected chi connectivity index (χ0v) is 13.8. The van der Waals surface area contributed by atoms with E-state index in [1.54, 1.807) is 4.90 Å². The second-order valence-electron chi connectivity index (χ2n) is 5.89. The Morgan fingerprint density at radius 2 is 1.70 bits per heavy atom. The van der Waals surface area contributed by atoms with E-state index in [0.29, 0.717) is 13.1 Å². The molecule has 0 unspecified atom stereocenters. The van der Waals surface area contributed by atoms with Gasteiger partial charge in [-0.3, -0.25) is 9.59 Å². The van der Waals surface area contributed by atoms with Gasteiger partial charge in [-0.1, -0.05) is 25.0 Å². The van der Waals surface area contributed by atoms with Gasteiger partial charge in [0.25, 0.3) is 0 Å². The third-order valence-corrected chi connectivity index (χ3v) is 3.88. The van der Waals surface area contributed by atoms with Gasteiger partial charge in [-0.2, -0.15) is 5.10 Å². The number of hydrogen-bond donors (Lipinski definition) is 1. The second kappa shape index (κ2) is 8.31. The van der Waals surface area contributed by atoms with Gasteiger partial charge in [0.05, 0.1) is 6.21 Å². The summed E-state index contributed by atoms with van der Waals surface area (Å²) in [5.41, 5.74) is 4.26. The van der Waals surface area contributed by atoms with E-state index in [1.807, 2.05) is 43.3 Å². The summed E-state index contributed by atoms with van der Waals surface area (Å²) in [6.45, 7) is 1.31. The molecule has 2 amide bonds. The van der Waals surface area contributed by atoms with Crippen LogP contribution in [-0.2, 0) is 9.59 Å². The van der Waals surface area contributed by atoms with Crippen LogP contribution in [0, 0.1) is 0 Å². The van der Waals surface area contributed by atoms with Crippen LogP contribution in [0.2, 0.25) is 0 Å². The van der Waals surface area contributed by atoms with Gasteiger partial charge in [-0.25, -0.2) is 5.43 Å². The summed E-state index contributed by atoms with van der Waals surface area (Å²) in [7, 11) is 3.94. The molecule has 0 aliphatic carbocycles. The van der Waals surface area contributed by atoms with Crippen molar-refractivity contribution in [2.45, 2.75) is 25.7 Å². The van der Waals surface area contributed by atoms with Crippen LogP contribution in [-0.4, -0.2) is 50.1 Å². The van der Waals surface area contributed by atoms with Gasteiger partial charge in [-0.15, -0.1) is 0 Å². The van der Waals surface area contributed by atoms with Crippen LogP contribution in [0.1, 0.15) is 31.2 Å². The summed E-state index contributed by atoms with van der Waals surface area (Å²) >= 11 is 0. The largest absolute Gasteiger partial charge is 0.378 e. The first-order valence-corrected chi connectivity index (χ1v) is 7.97. The minimum Gasteiger partial charge on any atom is -0.378 e. The Labute approximate surface area is 137 Å². The molecular weight excluding hydrogens is 292 g/mol. The van der Waals surface area contributed by atoms with Crippen molar-refractivity contribution >= 4 is 23.7 Å². The Bertz CT molecular complexity index is 558. The molecule has 1 heterocycles. The van der Waals surface area contributed by atoms with Gasteiger partial charge < -0.3 is 9.80 Å². The lowest BCUT2D eigenvalue weighted by Gasteiger charge is -2.18. The number of hydrogen-bond acceptors (Lipinski definition) is 4. The van der Waals surface area contributed by atoms with Crippen molar-refractivity contribution in [2.24, 2.45) is 5.10 Å². The maximum absolute atomic E-state index is 12.0. The molecule has 1 aliphatic heterocycles. The van der Waals surface area contributed by atoms with Crippen LogP contribution in [0.15, 0.2) is 29.4 Å². The lowest BCUT2D eigenvalue weighted by Crippen LogP contribution is -2.41. The lowest BCUT2D eigenvalue weighted by molar-refractivity contribution is -0.145. The molecule has 0 atom stereocenters. The monoisotopic (exact) mass is 316 g/mol. The first kappa shape index (κ1) is 17.0. The molecule has 0 aromatic heterocycles. The van der Waals surface area contributed by atoms with E-state index < -0.39 is 11.8 Å². The molecule has 1 aliphatic rings. The van der Waals surface area contributed by atoms with Crippen molar-refractivity contribution in [1.82, 2.24) is 10.3 Å². The standard InChI is InChI=1S/C17H24N4O2/c1-20(2)15-9-7-14(8-10-15)13-18-19-16(22)17(23)21-11-5-3-4-6-12-21/h7-10,13H,3-6,11-12H2,1-2H3,(H,19,22). The highest BCUT2D eigenvalue weighted by Gasteiger charge is 2.22. The van der Waals surface area contributed by atoms with Gasteiger partial charge in [0, 0.05) is 32.9 Å². The number of anilines is 1. The van der Waals surface area contributed by atoms with E-state index in [1.165, 1.54) is 6.21 Å². The Balaban J connectivity index is 1.86. The number of benzene rings is 1. The molecule has 2 rings (SSSR count). The molecule has 0 radical (unpaired) electrons. The first-order chi connectivity index (χ1) is 11.1. The molecule has 23 heavy (non-hydrogen) atoms. The zero-order valence-electron chi connectivity index (χ0n) is 13.8. The van der Waals surface area contributed by atoms with E-state index in [0.717, 1.165) is 36.9 Å². The predicted octanol–water partition coefficient (Wildman–Crippen LogP) is 1.61. The Morgan fingerprint density at radius 3 is 2.26 bits per heavy atom. The smallest absolute Gasteiger partial charge is 0.329 e. The number of amides is 2. The van der Waals surface area contributed by atoms with Crippen LogP contribution in [0.4, 0.5) is 5.69 Å². The van der Waals surface area contributed by atoms with Crippen LogP contribution in [0.25, 0.3) is 0 Å². The third kappa shape index (κ3) is 5.09. The van der Waals surface area contributed by atoms with Gasteiger partial charge in [0.2, 0.25) is 0 Å². The summed E-state index contributed by atoms with van der Waals surface area (Å²) in [6, 6.07) is 7.74. The summed E-state index contributed by atoms with van der Waals surface area (Å²) < 4.78 is 0. The fourth-order valence-electron chi connectivity index (χ4n) is 2.49. The molecule has 124 valence electrons. The average molecular weight is 316 g/mol. The molecule has 0 bridgehead atoms. The fraction of sp³-hybridized carbons (Fsp3) is 0.471. The van der Waals surface area contributed by atoms with Gasteiger partial charge >= 0.3 is 11.8 Å². The minimum absolute atomic E-state index is 0.494. The zero-order chi connectivity index (χ0) is 16.7. The third-order valence-electron chi connectivity index (χ3n) is 3.88. The number of nitrogens with one attached hydrogen (secondary N) is 1. The van der Waals surface area contributed by atoms with Crippen molar-refractivity contribution in [3.63, 3.8) is 0 Å². The summed E-state index contributed by atoms with van der Waals surface area (Å²) in [4.78, 5) is 27.5. The van der Waals surface area contributed by atoms with Gasteiger partial charge in [0.1, 0.15) is 0 Å². The number of rotatable bonds is 3. The molecule has 0 saturated carbocycles. The highest BCUT2D eigenvalue weighted by atomic mass is 16.2. The van der Waals surface area contributed by atoms with Gasteiger partial charge in [0.15, 0.2) is 0 Å². The molecule has 1 aromatic rings. The maximum atomic E-state index is 12.0. The molecule has 1 fully saturated rings. The topological polar surface area (TPSA) is 65.0 Å². The van der Waals surface area contributed by atoms with Crippen molar-refractivity contribution in [2.75, 3.05) is 32.1 Å². The normalized spacial score (nSPS) is 15.3. The quantitative estimate of drug-likeness (QED) is 0.523. The fourth-order valence-corrected chi connectivity index (χ4v) is 2.49. The van der Waals surface area contributed by atoms with Gasteiger partial charge in [-0.05, 0) is 30.5 Å². The predicted molar refractivity (Wildman–Crippen MR) is 91.6 cm³/mol. The van der Waals surface area contributed by atoms with Crippen molar-refractivity contribution in [3.05, 3.63) is 29.8 Å². The second-order valence-corrected chi connectivity index (χ2v) is 5.89. The molecule has 6 heteroatoms. The number of nitrogens with zero attached hydrogens (tertiary/aromatic N) is 3. The van der Waals surface area contributed by atoms with Crippen LogP contribution >= 0.6 is 0 Å². The van der Waals surface area contributed by atoms with Crippen LogP contribution in [0.5, 0.6) is 0 Å². The van der Waals surface area contributed by atoms with Crippen LogP contribution in [0.3, 0.4) is 0 Å². The molecule has 0 spiro atoms. The molecule has 1 aromatic carbocycles. The number of carbonyl (C=O) groups excluding carboxylic acids is 2. The van der Waals surface area contributed by atoms with Crippen LogP contribution < -0.4 is 10.3 Å². The van der Waals surface area contributed by atoms with E-state index in [2.05, 4.69) is 10.5 Å². The Hall–Kier alpha value is -2.37. The van der Waals surface area contributed by atoms with Crippen molar-refractivity contribution in [3.8, 4) is 0 Å². The molecule has 1 saturated heterocycles. The molecule has 1 N–H and O–H groups in total. The average Bonchev–Trinajstić information content (AvgIpc) is 2.83. The van der Waals surface area contributed by atoms with Crippen molar-refractivity contribution < 1.29 is 9.59 Å². The van der Waals surface area contributed by atoms with Crippen molar-refractivity contribution in [1.29, 1.82) is 0 Å². The minimum atomic E-state index is -0.673. The van der Waals surface area contributed by atoms with E-state index in [9.17, 15) is 9.59 Å². The first-order valence-electron chi connectivity index (χ1n) is 7.97. The number of carbonyl (C=O) groups is 2. The number of likely N-dealkylation sites (tertiary alicyclic amines) is 1. The highest BCUT2D eigenvalue weighted by molar-refractivity contribution is 6.35. The summed E-state index contributed by atoms with van der Waals surface area (Å²) in [5, 5.41) is 3.87. The lowest BCUT2D eigenvalue weighted by atomic mass is 10.2. The summed E-state index contributed by atoms with van der Waals surface area (Å²) in [6.07, 6.45) is 5.69. The SMILES string of the molecule is CN(C)c1ccc(C=NNC(=O)C(=O)N2CCCCCC2)cc1. The Morgan fingerprint density at radius 1 is 1.09 bits per heavy atom. The van der Waals surface area contributed by atoms with E-state index in [4.69, 9.17) is 0 Å². The van der Waals surface area contributed by atoms with E-state index >= 15 is 0 Å². The number of hydrazone groups is 1. The molecular formula is C17H24N4O2.